The highest BCUT2D eigenvalue weighted by atomic mass is 19.1. The largest absolute Gasteiger partial charge is 0.348 e. The Morgan fingerprint density at radius 2 is 2.12 bits per heavy atom. The summed E-state index contributed by atoms with van der Waals surface area (Å²) in [5.41, 5.74) is 3.74. The summed E-state index contributed by atoms with van der Waals surface area (Å²) >= 11 is 0. The number of pyridine rings is 1. The summed E-state index contributed by atoms with van der Waals surface area (Å²) in [6.07, 6.45) is 5.91. The monoisotopic (exact) mass is 335 g/mol. The van der Waals surface area contributed by atoms with E-state index in [2.05, 4.69) is 16.4 Å². The Bertz CT molecular complexity index is 866. The van der Waals surface area contributed by atoms with E-state index >= 15 is 0 Å². The molecule has 1 heterocycles. The van der Waals surface area contributed by atoms with Crippen LogP contribution in [0.3, 0.4) is 0 Å². The highest BCUT2D eigenvalue weighted by Gasteiger charge is 2.19. The number of carbonyl (C=O) groups excluding carboxylic acids is 1. The van der Waals surface area contributed by atoms with Crippen molar-refractivity contribution in [3.05, 3.63) is 70.8 Å². The second kappa shape index (κ2) is 7.27. The van der Waals surface area contributed by atoms with Gasteiger partial charge in [0.2, 0.25) is 0 Å². The van der Waals surface area contributed by atoms with E-state index in [0.717, 1.165) is 30.4 Å². The van der Waals surface area contributed by atoms with E-state index in [0.29, 0.717) is 11.3 Å². The van der Waals surface area contributed by atoms with E-state index in [1.165, 1.54) is 23.9 Å². The first-order chi connectivity index (χ1) is 12.1. The fourth-order valence-corrected chi connectivity index (χ4v) is 2.95. The van der Waals surface area contributed by atoms with Crippen LogP contribution in [0.1, 0.15) is 46.4 Å². The minimum Gasteiger partial charge on any atom is -0.348 e. The summed E-state index contributed by atoms with van der Waals surface area (Å²) < 4.78 is 13.0. The second-order valence-corrected chi connectivity index (χ2v) is 6.18. The van der Waals surface area contributed by atoms with E-state index in [9.17, 15) is 9.18 Å². The Labute approximate surface area is 146 Å². The van der Waals surface area contributed by atoms with Gasteiger partial charge in [-0.25, -0.2) is 9.37 Å². The normalized spacial score (nSPS) is 16.7. The van der Waals surface area contributed by atoms with Gasteiger partial charge < -0.3 is 5.32 Å². The van der Waals surface area contributed by atoms with Crippen LogP contribution >= 0.6 is 0 Å². The number of hydrogen-bond donors (Lipinski definition) is 1. The SMILES string of the molecule is Cc1cc(C(=O)NC2CC=C(c3ccc(F)cc3)CC2)ncc1C#N. The highest BCUT2D eigenvalue weighted by Crippen LogP contribution is 2.27. The van der Waals surface area contributed by atoms with Gasteiger partial charge in [0.05, 0.1) is 5.56 Å². The number of nitrogens with one attached hydrogen (secondary N) is 1. The fourth-order valence-electron chi connectivity index (χ4n) is 2.95. The van der Waals surface area contributed by atoms with Gasteiger partial charge in [0, 0.05) is 12.2 Å². The number of amides is 1. The summed E-state index contributed by atoms with van der Waals surface area (Å²) in [5, 5.41) is 11.9. The molecule has 5 heteroatoms. The Kier molecular flexibility index (Phi) is 4.90. The van der Waals surface area contributed by atoms with Gasteiger partial charge in [-0.2, -0.15) is 5.26 Å². The third-order valence-electron chi connectivity index (χ3n) is 4.43. The van der Waals surface area contributed by atoms with Gasteiger partial charge in [-0.05, 0) is 61.1 Å². The number of hydrogen-bond acceptors (Lipinski definition) is 3. The van der Waals surface area contributed by atoms with E-state index in [-0.39, 0.29) is 17.8 Å². The maximum Gasteiger partial charge on any atom is 0.270 e. The molecule has 1 aliphatic carbocycles. The molecule has 0 saturated carbocycles. The summed E-state index contributed by atoms with van der Waals surface area (Å²) in [6, 6.07) is 10.2. The molecule has 0 spiro atoms. The molecule has 1 aromatic carbocycles. The molecule has 0 fully saturated rings. The van der Waals surface area contributed by atoms with Gasteiger partial charge in [-0.15, -0.1) is 0 Å². The lowest BCUT2D eigenvalue weighted by molar-refractivity contribution is 0.0930. The third kappa shape index (κ3) is 3.92. The zero-order valence-electron chi connectivity index (χ0n) is 13.9. The van der Waals surface area contributed by atoms with E-state index in [4.69, 9.17) is 5.26 Å². The number of carbonyl (C=O) groups is 1. The molecular weight excluding hydrogens is 317 g/mol. The predicted molar refractivity (Wildman–Crippen MR) is 93.2 cm³/mol. The van der Waals surface area contributed by atoms with E-state index < -0.39 is 0 Å². The summed E-state index contributed by atoms with van der Waals surface area (Å²) in [4.78, 5) is 16.4. The van der Waals surface area contributed by atoms with Gasteiger partial charge >= 0.3 is 0 Å². The molecule has 1 atom stereocenters. The fraction of sp³-hybridized carbons (Fsp3) is 0.250. The van der Waals surface area contributed by atoms with E-state index in [1.807, 2.05) is 6.07 Å². The lowest BCUT2D eigenvalue weighted by atomic mass is 9.90. The molecule has 4 nitrogen and oxygen atoms in total. The van der Waals surface area contributed by atoms with Crippen molar-refractivity contribution in [1.82, 2.24) is 10.3 Å². The molecule has 0 bridgehead atoms. The van der Waals surface area contributed by atoms with Crippen molar-refractivity contribution >= 4 is 11.5 Å². The Balaban J connectivity index is 1.63. The predicted octanol–water partition coefficient (Wildman–Crippen LogP) is 3.77. The highest BCUT2D eigenvalue weighted by molar-refractivity contribution is 5.92. The molecule has 1 N–H and O–H groups in total. The van der Waals surface area contributed by atoms with Gasteiger partial charge in [0.1, 0.15) is 17.6 Å². The maximum absolute atomic E-state index is 13.0. The van der Waals surface area contributed by atoms with Crippen molar-refractivity contribution in [2.24, 2.45) is 0 Å². The van der Waals surface area contributed by atoms with Crippen molar-refractivity contribution in [2.75, 3.05) is 0 Å². The van der Waals surface area contributed by atoms with Crippen LogP contribution in [0.2, 0.25) is 0 Å². The number of aromatic nitrogens is 1. The summed E-state index contributed by atoms with van der Waals surface area (Å²) in [6.45, 7) is 1.79. The van der Waals surface area contributed by atoms with Crippen LogP contribution < -0.4 is 5.32 Å². The van der Waals surface area contributed by atoms with Crippen LogP contribution in [0.25, 0.3) is 5.57 Å². The Morgan fingerprint density at radius 3 is 2.72 bits per heavy atom. The molecule has 1 unspecified atom stereocenters. The Hall–Kier alpha value is -3.00. The molecule has 0 aliphatic heterocycles. The molecule has 0 saturated heterocycles. The first-order valence-electron chi connectivity index (χ1n) is 8.19. The van der Waals surface area contributed by atoms with Gasteiger partial charge in [0.25, 0.3) is 5.91 Å². The molecule has 2 aromatic rings. The zero-order chi connectivity index (χ0) is 17.8. The third-order valence-corrected chi connectivity index (χ3v) is 4.43. The lowest BCUT2D eigenvalue weighted by Gasteiger charge is -2.23. The standard InChI is InChI=1S/C20H18FN3O/c1-13-10-19(23-12-16(13)11-22)20(25)24-18-8-4-15(5-9-18)14-2-6-17(21)7-3-14/h2-4,6-7,10,12,18H,5,8-9H2,1H3,(H,24,25). The average molecular weight is 335 g/mol. The molecule has 1 amide bonds. The first-order valence-corrected chi connectivity index (χ1v) is 8.19. The van der Waals surface area contributed by atoms with Crippen LogP contribution in [0.5, 0.6) is 0 Å². The number of nitrogens with zero attached hydrogens (tertiary/aromatic N) is 2. The molecule has 3 rings (SSSR count). The van der Waals surface area contributed by atoms with Crippen LogP contribution in [0.15, 0.2) is 42.6 Å². The zero-order valence-corrected chi connectivity index (χ0v) is 13.9. The van der Waals surface area contributed by atoms with Crippen LogP contribution in [0, 0.1) is 24.1 Å². The lowest BCUT2D eigenvalue weighted by Crippen LogP contribution is -2.36. The molecular formula is C20H18FN3O. The van der Waals surface area contributed by atoms with Gasteiger partial charge in [-0.3, -0.25) is 4.79 Å². The number of allylic oxidation sites excluding steroid dienone is 1. The van der Waals surface area contributed by atoms with E-state index in [1.54, 1.807) is 25.1 Å². The molecule has 126 valence electrons. The maximum atomic E-state index is 13.0. The Morgan fingerprint density at radius 1 is 1.36 bits per heavy atom. The van der Waals surface area contributed by atoms with Crippen molar-refractivity contribution in [3.8, 4) is 6.07 Å². The second-order valence-electron chi connectivity index (χ2n) is 6.18. The van der Waals surface area contributed by atoms with Crippen LogP contribution in [-0.4, -0.2) is 16.9 Å². The number of aryl methyl sites for hydroxylation is 1. The molecule has 1 aromatic heterocycles. The number of rotatable bonds is 3. The minimum absolute atomic E-state index is 0.0504. The van der Waals surface area contributed by atoms with Crippen molar-refractivity contribution in [1.29, 1.82) is 5.26 Å². The average Bonchev–Trinajstić information content (AvgIpc) is 2.63. The topological polar surface area (TPSA) is 65.8 Å². The van der Waals surface area contributed by atoms with Gasteiger partial charge in [-0.1, -0.05) is 18.2 Å². The first kappa shape index (κ1) is 16.8. The van der Waals surface area contributed by atoms with Crippen LogP contribution in [0.4, 0.5) is 4.39 Å². The van der Waals surface area contributed by atoms with Crippen molar-refractivity contribution < 1.29 is 9.18 Å². The summed E-state index contributed by atoms with van der Waals surface area (Å²) in [5.74, 6) is -0.466. The molecule has 0 radical (unpaired) electrons. The smallest absolute Gasteiger partial charge is 0.270 e. The van der Waals surface area contributed by atoms with Crippen LogP contribution in [-0.2, 0) is 0 Å². The number of nitriles is 1. The molecule has 1 aliphatic rings. The minimum atomic E-state index is -0.240. The quantitative estimate of drug-likeness (QED) is 0.928. The number of benzene rings is 1. The van der Waals surface area contributed by atoms with Gasteiger partial charge in [0.15, 0.2) is 0 Å². The summed E-state index contributed by atoms with van der Waals surface area (Å²) in [7, 11) is 0. The number of halogens is 1. The van der Waals surface area contributed by atoms with Crippen molar-refractivity contribution in [3.63, 3.8) is 0 Å². The molecule has 25 heavy (non-hydrogen) atoms. The van der Waals surface area contributed by atoms with Crippen molar-refractivity contribution in [2.45, 2.75) is 32.2 Å².